The van der Waals surface area contributed by atoms with Gasteiger partial charge in [0.25, 0.3) is 0 Å². The second kappa shape index (κ2) is 9.76. The van der Waals surface area contributed by atoms with Crippen LogP contribution in [0.5, 0.6) is 0 Å². The summed E-state index contributed by atoms with van der Waals surface area (Å²) in [6, 6.07) is 14.5. The minimum absolute atomic E-state index is 0.218. The fourth-order valence-corrected chi connectivity index (χ4v) is 2.82. The van der Waals surface area contributed by atoms with Crippen LogP contribution in [0.25, 0.3) is 0 Å². The van der Waals surface area contributed by atoms with E-state index in [2.05, 4.69) is 54.6 Å². The molecule has 3 nitrogen and oxygen atoms in total. The number of aromatic nitrogens is 1. The van der Waals surface area contributed by atoms with Crippen molar-refractivity contribution in [3.8, 4) is 0 Å². The Morgan fingerprint density at radius 3 is 2.67 bits per heavy atom. The molecule has 0 spiro atoms. The molecular weight excluding hydrogens is 296 g/mol. The number of hydrogen-bond donors (Lipinski definition) is 0. The molecule has 0 unspecified atom stereocenters. The zero-order valence-corrected chi connectivity index (χ0v) is 14.7. The Balaban J connectivity index is 2.03. The molecule has 0 bridgehead atoms. The highest BCUT2D eigenvalue weighted by molar-refractivity contribution is 5.76. The Labute approximate surface area is 145 Å². The van der Waals surface area contributed by atoms with Gasteiger partial charge in [0.2, 0.25) is 5.91 Å². The molecule has 128 valence electrons. The van der Waals surface area contributed by atoms with Crippen LogP contribution in [-0.2, 0) is 17.9 Å². The van der Waals surface area contributed by atoms with Crippen LogP contribution < -0.4 is 0 Å². The van der Waals surface area contributed by atoms with Crippen molar-refractivity contribution < 1.29 is 4.79 Å². The lowest BCUT2D eigenvalue weighted by atomic mass is 10.2. The normalized spacial score (nSPS) is 10.5. The number of nitrogens with zero attached hydrogens (tertiary/aromatic N) is 2. The van der Waals surface area contributed by atoms with E-state index in [1.807, 2.05) is 23.1 Å². The van der Waals surface area contributed by atoms with Crippen molar-refractivity contribution in [1.82, 2.24) is 9.47 Å². The van der Waals surface area contributed by atoms with Crippen LogP contribution in [-0.4, -0.2) is 21.9 Å². The lowest BCUT2D eigenvalue weighted by Gasteiger charge is -2.22. The summed E-state index contributed by atoms with van der Waals surface area (Å²) in [6.45, 7) is 8.02. The van der Waals surface area contributed by atoms with Crippen LogP contribution in [0, 0.1) is 0 Å². The number of carbonyl (C=O) groups is 1. The molecule has 24 heavy (non-hydrogen) atoms. The Kier molecular flexibility index (Phi) is 7.34. The van der Waals surface area contributed by atoms with Gasteiger partial charge < -0.3 is 9.47 Å². The van der Waals surface area contributed by atoms with Gasteiger partial charge in [-0.25, -0.2) is 0 Å². The second-order valence-electron chi connectivity index (χ2n) is 6.13. The molecule has 3 heteroatoms. The molecule has 1 amide bonds. The number of benzene rings is 1. The summed E-state index contributed by atoms with van der Waals surface area (Å²) in [5, 5.41) is 0. The van der Waals surface area contributed by atoms with Crippen molar-refractivity contribution in [2.75, 3.05) is 6.54 Å². The third-order valence-electron chi connectivity index (χ3n) is 4.17. The first-order valence-corrected chi connectivity index (χ1v) is 8.81. The van der Waals surface area contributed by atoms with Gasteiger partial charge in [0, 0.05) is 31.4 Å². The summed E-state index contributed by atoms with van der Waals surface area (Å²) in [6.07, 6.45) is 7.72. The lowest BCUT2D eigenvalue weighted by molar-refractivity contribution is -0.131. The van der Waals surface area contributed by atoms with Crippen molar-refractivity contribution in [2.24, 2.45) is 0 Å². The zero-order chi connectivity index (χ0) is 17.2. The van der Waals surface area contributed by atoms with Crippen LogP contribution in [0.3, 0.4) is 0 Å². The van der Waals surface area contributed by atoms with Gasteiger partial charge >= 0.3 is 0 Å². The van der Waals surface area contributed by atoms with Gasteiger partial charge in [-0.1, -0.05) is 56.2 Å². The summed E-state index contributed by atoms with van der Waals surface area (Å²) in [5.74, 6) is 0.218. The van der Waals surface area contributed by atoms with Crippen molar-refractivity contribution >= 4 is 5.91 Å². The van der Waals surface area contributed by atoms with Crippen molar-refractivity contribution in [1.29, 1.82) is 0 Å². The van der Waals surface area contributed by atoms with Crippen molar-refractivity contribution in [2.45, 2.75) is 45.7 Å². The molecule has 0 saturated heterocycles. The van der Waals surface area contributed by atoms with E-state index < -0.39 is 0 Å². The van der Waals surface area contributed by atoms with Crippen LogP contribution in [0.15, 0.2) is 61.3 Å². The smallest absolute Gasteiger partial charge is 0.223 e. The van der Waals surface area contributed by atoms with Crippen molar-refractivity contribution in [3.63, 3.8) is 0 Å². The Hall–Kier alpha value is -2.29. The maximum Gasteiger partial charge on any atom is 0.223 e. The van der Waals surface area contributed by atoms with Crippen LogP contribution in [0.2, 0.25) is 0 Å². The maximum atomic E-state index is 12.5. The summed E-state index contributed by atoms with van der Waals surface area (Å²) >= 11 is 0. The molecular formula is C21H28N2O. The van der Waals surface area contributed by atoms with E-state index >= 15 is 0 Å². The summed E-state index contributed by atoms with van der Waals surface area (Å²) in [5.41, 5.74) is 2.42. The highest BCUT2D eigenvalue weighted by Crippen LogP contribution is 2.12. The summed E-state index contributed by atoms with van der Waals surface area (Å²) in [4.78, 5) is 14.4. The predicted molar refractivity (Wildman–Crippen MR) is 99.7 cm³/mol. The van der Waals surface area contributed by atoms with Gasteiger partial charge in [-0.05, 0) is 24.1 Å². The minimum atomic E-state index is 0.218. The van der Waals surface area contributed by atoms with Crippen molar-refractivity contribution in [3.05, 3.63) is 72.6 Å². The maximum absolute atomic E-state index is 12.5. The van der Waals surface area contributed by atoms with Gasteiger partial charge in [0.05, 0.1) is 6.54 Å². The fraction of sp³-hybridized carbons (Fsp3) is 0.381. The van der Waals surface area contributed by atoms with Gasteiger partial charge in [-0.3, -0.25) is 4.79 Å². The lowest BCUT2D eigenvalue weighted by Crippen LogP contribution is -2.31. The van der Waals surface area contributed by atoms with E-state index in [4.69, 9.17) is 0 Å². The third kappa shape index (κ3) is 5.41. The third-order valence-corrected chi connectivity index (χ3v) is 4.17. The molecule has 0 N–H and O–H groups in total. The summed E-state index contributed by atoms with van der Waals surface area (Å²) < 4.78 is 2.21. The SMILES string of the molecule is C=CCN(Cc1cccn1Cc1ccccc1)C(=O)CCCCC. The fourth-order valence-electron chi connectivity index (χ4n) is 2.82. The largest absolute Gasteiger partial charge is 0.345 e. The molecule has 0 aliphatic heterocycles. The Morgan fingerprint density at radius 1 is 1.17 bits per heavy atom. The number of unbranched alkanes of at least 4 members (excludes halogenated alkanes) is 2. The molecule has 1 heterocycles. The van der Waals surface area contributed by atoms with E-state index in [1.165, 1.54) is 5.56 Å². The van der Waals surface area contributed by atoms with E-state index in [1.54, 1.807) is 0 Å². The van der Waals surface area contributed by atoms with Crippen LogP contribution >= 0.6 is 0 Å². The summed E-state index contributed by atoms with van der Waals surface area (Å²) in [7, 11) is 0. The first-order valence-electron chi connectivity index (χ1n) is 8.81. The standard InChI is InChI=1S/C21H28N2O/c1-3-5-7-14-21(24)23(15-4-2)18-20-13-10-16-22(20)17-19-11-8-6-9-12-19/h4,6,8-13,16H,2-3,5,7,14-15,17-18H2,1H3. The van der Waals surface area contributed by atoms with E-state index in [-0.39, 0.29) is 5.91 Å². The number of amides is 1. The second-order valence-corrected chi connectivity index (χ2v) is 6.13. The molecule has 2 rings (SSSR count). The van der Waals surface area contributed by atoms with E-state index in [9.17, 15) is 4.79 Å². The minimum Gasteiger partial charge on any atom is -0.345 e. The highest BCUT2D eigenvalue weighted by atomic mass is 16.2. The number of rotatable bonds is 10. The van der Waals surface area contributed by atoms with Gasteiger partial charge in [0.15, 0.2) is 0 Å². The molecule has 2 aromatic rings. The molecule has 0 atom stereocenters. The monoisotopic (exact) mass is 324 g/mol. The molecule has 0 saturated carbocycles. The predicted octanol–water partition coefficient (Wildman–Crippen LogP) is 4.63. The first kappa shape index (κ1) is 18.1. The molecule has 0 aliphatic carbocycles. The van der Waals surface area contributed by atoms with Crippen LogP contribution in [0.4, 0.5) is 0 Å². The van der Waals surface area contributed by atoms with Gasteiger partial charge in [-0.2, -0.15) is 0 Å². The Morgan fingerprint density at radius 2 is 1.96 bits per heavy atom. The van der Waals surface area contributed by atoms with Crippen LogP contribution in [0.1, 0.15) is 43.9 Å². The topological polar surface area (TPSA) is 25.2 Å². The molecule has 0 fully saturated rings. The Bertz CT molecular complexity index is 630. The quantitative estimate of drug-likeness (QED) is 0.462. The van der Waals surface area contributed by atoms with E-state index in [0.717, 1.165) is 31.5 Å². The average molecular weight is 324 g/mol. The number of carbonyl (C=O) groups excluding carboxylic acids is 1. The van der Waals surface area contributed by atoms with E-state index in [0.29, 0.717) is 19.5 Å². The van der Waals surface area contributed by atoms with Gasteiger partial charge in [0.1, 0.15) is 0 Å². The molecule has 0 aliphatic rings. The molecule has 1 aromatic heterocycles. The number of hydrogen-bond acceptors (Lipinski definition) is 1. The zero-order valence-electron chi connectivity index (χ0n) is 14.7. The molecule has 0 radical (unpaired) electrons. The molecule has 1 aromatic carbocycles. The highest BCUT2D eigenvalue weighted by Gasteiger charge is 2.14. The van der Waals surface area contributed by atoms with Gasteiger partial charge in [-0.15, -0.1) is 6.58 Å². The first-order chi connectivity index (χ1) is 11.7. The average Bonchev–Trinajstić information content (AvgIpc) is 3.02.